The highest BCUT2D eigenvalue weighted by molar-refractivity contribution is 6.07. The van der Waals surface area contributed by atoms with E-state index in [1.807, 2.05) is 36.4 Å². The fourth-order valence-corrected chi connectivity index (χ4v) is 9.61. The second-order valence-electron chi connectivity index (χ2n) is 15.0. The Morgan fingerprint density at radius 2 is 1.28 bits per heavy atom. The summed E-state index contributed by atoms with van der Waals surface area (Å²) in [7, 11) is 0. The minimum Gasteiger partial charge on any atom is -0.457 e. The van der Waals surface area contributed by atoms with Crippen LogP contribution >= 0.6 is 0 Å². The third kappa shape index (κ3) is 4.52. The number of fused-ring (bicyclic) bond motifs is 14. The van der Waals surface area contributed by atoms with Crippen LogP contribution in [-0.2, 0) is 5.41 Å². The first-order valence-corrected chi connectivity index (χ1v) is 19.2. The van der Waals surface area contributed by atoms with Gasteiger partial charge in [0.2, 0.25) is 0 Å². The number of benzene rings is 8. The van der Waals surface area contributed by atoms with E-state index in [4.69, 9.17) is 14.1 Å². The number of amidine groups is 1. The molecule has 0 radical (unpaired) electrons. The van der Waals surface area contributed by atoms with Gasteiger partial charge in [-0.05, 0) is 69.1 Å². The average molecular weight is 733 g/mol. The van der Waals surface area contributed by atoms with Gasteiger partial charge in [0.15, 0.2) is 0 Å². The molecule has 6 heteroatoms. The van der Waals surface area contributed by atoms with E-state index in [-0.39, 0.29) is 12.3 Å². The molecule has 0 bridgehead atoms. The molecule has 3 aliphatic rings. The number of nitrogens with zero attached hydrogens (tertiary/aromatic N) is 2. The van der Waals surface area contributed by atoms with Gasteiger partial charge in [-0.1, -0.05) is 140 Å². The van der Waals surface area contributed by atoms with Crippen molar-refractivity contribution >= 4 is 38.5 Å². The number of rotatable bonds is 3. The monoisotopic (exact) mass is 732 g/mol. The highest BCUT2D eigenvalue weighted by atomic mass is 16.5. The van der Waals surface area contributed by atoms with Gasteiger partial charge in [-0.3, -0.25) is 5.32 Å². The van der Waals surface area contributed by atoms with Crippen LogP contribution in [0.3, 0.4) is 0 Å². The fraction of sp³-hybridized carbons (Fsp3) is 0.0588. The number of aliphatic imine (C=N–C) groups is 1. The van der Waals surface area contributed by atoms with Gasteiger partial charge in [-0.15, -0.1) is 0 Å². The number of hydrogen-bond donors (Lipinski definition) is 2. The predicted octanol–water partition coefficient (Wildman–Crippen LogP) is 11.4. The lowest BCUT2D eigenvalue weighted by atomic mass is 9.65. The van der Waals surface area contributed by atoms with Crippen LogP contribution in [0, 0.1) is 11.3 Å². The summed E-state index contributed by atoms with van der Waals surface area (Å²) in [6.07, 6.45) is -0.579. The normalized spacial score (nSPS) is 18.9. The van der Waals surface area contributed by atoms with Crippen LogP contribution < -0.4 is 15.4 Å². The number of nitriles is 1. The molecule has 1 aliphatic carbocycles. The van der Waals surface area contributed by atoms with Crippen molar-refractivity contribution in [1.82, 2.24) is 10.6 Å². The van der Waals surface area contributed by atoms with E-state index >= 15 is 0 Å². The summed E-state index contributed by atoms with van der Waals surface area (Å²) in [5.41, 5.74) is 11.3. The molecule has 0 saturated carbocycles. The van der Waals surface area contributed by atoms with Crippen LogP contribution in [-0.4, -0.2) is 5.84 Å². The largest absolute Gasteiger partial charge is 0.457 e. The van der Waals surface area contributed by atoms with Crippen LogP contribution in [0.2, 0.25) is 0 Å². The molecule has 2 aliphatic heterocycles. The molecular formula is C51H32N4O2. The Morgan fingerprint density at radius 1 is 0.561 bits per heavy atom. The molecule has 0 fully saturated rings. The molecule has 0 amide bonds. The van der Waals surface area contributed by atoms with Crippen molar-refractivity contribution < 1.29 is 9.15 Å². The van der Waals surface area contributed by atoms with E-state index in [2.05, 4.69) is 150 Å². The SMILES string of the molecule is N#Cc1cc2c(c3ccccc13)-c1ccccc1C21c2ccccc2Oc2cc(C3=NC(c4ccc5c(c4)oc4ccccc45)NC(c4ccccc4)N3)ccc21. The van der Waals surface area contributed by atoms with Gasteiger partial charge in [-0.25, -0.2) is 4.99 Å². The highest BCUT2D eigenvalue weighted by Crippen LogP contribution is 2.63. The second kappa shape index (κ2) is 12.0. The number of hydrogen-bond acceptors (Lipinski definition) is 6. The van der Waals surface area contributed by atoms with E-state index in [9.17, 15) is 5.26 Å². The molecule has 2 N–H and O–H groups in total. The van der Waals surface area contributed by atoms with Crippen molar-refractivity contribution in [3.8, 4) is 28.7 Å². The van der Waals surface area contributed by atoms with E-state index in [1.165, 1.54) is 11.1 Å². The molecular weight excluding hydrogens is 701 g/mol. The van der Waals surface area contributed by atoms with Crippen molar-refractivity contribution in [2.24, 2.45) is 4.99 Å². The van der Waals surface area contributed by atoms with Crippen LogP contribution in [0.25, 0.3) is 43.8 Å². The summed E-state index contributed by atoms with van der Waals surface area (Å²) in [5, 5.41) is 22.2. The molecule has 8 aromatic carbocycles. The molecule has 1 spiro atoms. The van der Waals surface area contributed by atoms with Gasteiger partial charge in [0.1, 0.15) is 40.8 Å². The average Bonchev–Trinajstić information content (AvgIpc) is 3.79. The van der Waals surface area contributed by atoms with E-state index < -0.39 is 5.41 Å². The van der Waals surface area contributed by atoms with Crippen molar-refractivity contribution in [3.05, 3.63) is 214 Å². The zero-order valence-electron chi connectivity index (χ0n) is 30.5. The number of furan rings is 1. The predicted molar refractivity (Wildman–Crippen MR) is 224 cm³/mol. The summed E-state index contributed by atoms with van der Waals surface area (Å²) in [6, 6.07) is 61.3. The van der Waals surface area contributed by atoms with Gasteiger partial charge in [0.05, 0.1) is 17.0 Å². The topological polar surface area (TPSA) is 82.6 Å². The van der Waals surface area contributed by atoms with E-state index in [0.29, 0.717) is 5.56 Å². The maximum absolute atomic E-state index is 10.5. The Balaban J connectivity index is 1.05. The quantitative estimate of drug-likeness (QED) is 0.189. The number of para-hydroxylation sites is 2. The van der Waals surface area contributed by atoms with Crippen LogP contribution in [0.15, 0.2) is 179 Å². The Kier molecular flexibility index (Phi) is 6.71. The Hall–Kier alpha value is -7.46. The first-order chi connectivity index (χ1) is 28.2. The maximum atomic E-state index is 10.5. The molecule has 3 atom stereocenters. The van der Waals surface area contributed by atoms with Crippen molar-refractivity contribution in [2.45, 2.75) is 17.7 Å². The van der Waals surface area contributed by atoms with Gasteiger partial charge in [0.25, 0.3) is 0 Å². The van der Waals surface area contributed by atoms with Gasteiger partial charge in [0, 0.05) is 32.8 Å². The summed E-state index contributed by atoms with van der Waals surface area (Å²) in [6.45, 7) is 0. The van der Waals surface area contributed by atoms with Crippen LogP contribution in [0.1, 0.15) is 56.8 Å². The van der Waals surface area contributed by atoms with Gasteiger partial charge < -0.3 is 14.5 Å². The van der Waals surface area contributed by atoms with E-state index in [0.717, 1.165) is 89.0 Å². The summed E-state index contributed by atoms with van der Waals surface area (Å²) >= 11 is 0. The smallest absolute Gasteiger partial charge is 0.135 e. The third-order valence-electron chi connectivity index (χ3n) is 12.1. The van der Waals surface area contributed by atoms with Crippen molar-refractivity contribution in [2.75, 3.05) is 0 Å². The molecule has 9 aromatic rings. The first-order valence-electron chi connectivity index (χ1n) is 19.2. The fourth-order valence-electron chi connectivity index (χ4n) is 9.61. The van der Waals surface area contributed by atoms with Crippen LogP contribution in [0.5, 0.6) is 11.5 Å². The molecule has 57 heavy (non-hydrogen) atoms. The van der Waals surface area contributed by atoms with Crippen LogP contribution in [0.4, 0.5) is 0 Å². The Labute approximate surface area is 328 Å². The zero-order valence-corrected chi connectivity index (χ0v) is 30.5. The first kappa shape index (κ1) is 31.8. The zero-order chi connectivity index (χ0) is 37.7. The standard InChI is InChI=1S/C51H32N4O2/c52-29-33-26-42-47(37-16-5-4-14-34(33)37)38-17-6-8-18-39(38)51(42)40-19-9-11-21-44(40)57-46-28-32(23-25-41(46)51)50-54-48(30-12-2-1-3-13-30)53-49(55-50)31-22-24-36-35-15-7-10-20-43(35)56-45(36)27-31/h1-28,48-49,53H,(H,54,55). The summed E-state index contributed by atoms with van der Waals surface area (Å²) < 4.78 is 13.2. The summed E-state index contributed by atoms with van der Waals surface area (Å²) in [4.78, 5) is 5.33. The molecule has 3 heterocycles. The van der Waals surface area contributed by atoms with Gasteiger partial charge in [-0.2, -0.15) is 5.26 Å². The second-order valence-corrected chi connectivity index (χ2v) is 15.0. The molecule has 6 nitrogen and oxygen atoms in total. The Morgan fingerprint density at radius 3 is 2.16 bits per heavy atom. The minimum atomic E-state index is -0.718. The lowest BCUT2D eigenvalue weighted by Gasteiger charge is -2.40. The Bertz CT molecular complexity index is 3210. The maximum Gasteiger partial charge on any atom is 0.135 e. The molecule has 268 valence electrons. The van der Waals surface area contributed by atoms with Crippen molar-refractivity contribution in [3.63, 3.8) is 0 Å². The lowest BCUT2D eigenvalue weighted by Crippen LogP contribution is -2.45. The van der Waals surface area contributed by atoms with Gasteiger partial charge >= 0.3 is 0 Å². The van der Waals surface area contributed by atoms with E-state index in [1.54, 1.807) is 0 Å². The third-order valence-corrected chi connectivity index (χ3v) is 12.1. The number of nitrogens with one attached hydrogen (secondary N) is 2. The number of ether oxygens (including phenoxy) is 1. The molecule has 3 unspecified atom stereocenters. The molecule has 0 saturated heterocycles. The highest BCUT2D eigenvalue weighted by Gasteiger charge is 2.52. The summed E-state index contributed by atoms with van der Waals surface area (Å²) in [5.74, 6) is 2.29. The van der Waals surface area contributed by atoms with Crippen molar-refractivity contribution in [1.29, 1.82) is 5.26 Å². The molecule has 12 rings (SSSR count). The minimum absolute atomic E-state index is 0.217. The molecule has 1 aromatic heterocycles. The lowest BCUT2D eigenvalue weighted by molar-refractivity contribution is 0.408.